The largest absolute Gasteiger partial charge is 0.377 e. The van der Waals surface area contributed by atoms with Crippen molar-refractivity contribution in [3.05, 3.63) is 84.3 Å². The van der Waals surface area contributed by atoms with E-state index in [0.29, 0.717) is 5.56 Å². The van der Waals surface area contributed by atoms with E-state index in [2.05, 4.69) is 56.7 Å². The Morgan fingerprint density at radius 1 is 0.967 bits per heavy atom. The van der Waals surface area contributed by atoms with Crippen molar-refractivity contribution in [1.29, 1.82) is 5.26 Å². The number of nitriles is 1. The topological polar surface area (TPSA) is 90.3 Å². The van der Waals surface area contributed by atoms with Crippen molar-refractivity contribution < 1.29 is 0 Å². The van der Waals surface area contributed by atoms with Gasteiger partial charge in [-0.25, -0.2) is 4.98 Å². The number of nitrogens with zero attached hydrogens (tertiary/aromatic N) is 4. The summed E-state index contributed by atoms with van der Waals surface area (Å²) < 4.78 is 0. The molecule has 5 rings (SSSR count). The molecule has 0 aliphatic carbocycles. The first-order chi connectivity index (χ1) is 14.7. The van der Waals surface area contributed by atoms with Crippen LogP contribution in [0.15, 0.2) is 73.2 Å². The first-order valence-corrected chi connectivity index (χ1v) is 9.67. The molecule has 2 aromatic carbocycles. The highest BCUT2D eigenvalue weighted by molar-refractivity contribution is 5.97. The summed E-state index contributed by atoms with van der Waals surface area (Å²) in [6, 6.07) is 20.6. The Morgan fingerprint density at radius 3 is 2.67 bits per heavy atom. The van der Waals surface area contributed by atoms with Gasteiger partial charge < -0.3 is 5.32 Å². The van der Waals surface area contributed by atoms with Crippen molar-refractivity contribution in [3.63, 3.8) is 0 Å². The van der Waals surface area contributed by atoms with Crippen LogP contribution in [0, 0.1) is 11.3 Å². The molecule has 2 N–H and O–H groups in total. The van der Waals surface area contributed by atoms with Crippen molar-refractivity contribution >= 4 is 27.6 Å². The van der Waals surface area contributed by atoms with E-state index in [9.17, 15) is 5.26 Å². The predicted molar refractivity (Wildman–Crippen MR) is 118 cm³/mol. The van der Waals surface area contributed by atoms with Gasteiger partial charge in [-0.1, -0.05) is 36.4 Å². The van der Waals surface area contributed by atoms with E-state index >= 15 is 0 Å². The van der Waals surface area contributed by atoms with Crippen LogP contribution < -0.4 is 5.32 Å². The molecule has 144 valence electrons. The molecule has 0 spiro atoms. The van der Waals surface area contributed by atoms with Gasteiger partial charge in [-0.05, 0) is 36.2 Å². The summed E-state index contributed by atoms with van der Waals surface area (Å²) in [5, 5.41) is 22.0. The Hall–Kier alpha value is -4.24. The Bertz CT molecular complexity index is 1400. The Balaban J connectivity index is 1.63. The Labute approximate surface area is 173 Å². The SMILES string of the molecule is C[C@@H](Nc1c(C#N)cnc2ccc(-c3cnc4[nH]ncc4c3)cc12)c1ccccc1. The summed E-state index contributed by atoms with van der Waals surface area (Å²) in [6.45, 7) is 2.09. The normalized spacial score (nSPS) is 12.0. The second-order valence-electron chi connectivity index (χ2n) is 7.20. The number of pyridine rings is 2. The fourth-order valence-corrected chi connectivity index (χ4v) is 3.65. The molecule has 3 heterocycles. The van der Waals surface area contributed by atoms with E-state index in [1.54, 1.807) is 12.4 Å². The molecule has 0 amide bonds. The van der Waals surface area contributed by atoms with Crippen LogP contribution in [0.4, 0.5) is 5.69 Å². The highest BCUT2D eigenvalue weighted by Crippen LogP contribution is 2.33. The van der Waals surface area contributed by atoms with Crippen LogP contribution in [-0.2, 0) is 0 Å². The smallest absolute Gasteiger partial charge is 0.155 e. The minimum atomic E-state index is 0.0384. The maximum Gasteiger partial charge on any atom is 0.155 e. The zero-order valence-corrected chi connectivity index (χ0v) is 16.3. The molecule has 0 aliphatic rings. The van der Waals surface area contributed by atoms with Gasteiger partial charge in [0.05, 0.1) is 23.0 Å². The van der Waals surface area contributed by atoms with Gasteiger partial charge in [-0.15, -0.1) is 0 Å². The van der Waals surface area contributed by atoms with Crippen LogP contribution in [-0.4, -0.2) is 20.2 Å². The van der Waals surface area contributed by atoms with Crippen molar-refractivity contribution in [2.45, 2.75) is 13.0 Å². The van der Waals surface area contributed by atoms with E-state index in [1.807, 2.05) is 42.6 Å². The summed E-state index contributed by atoms with van der Waals surface area (Å²) in [5.41, 5.74) is 6.03. The molecule has 0 unspecified atom stereocenters. The number of benzene rings is 2. The van der Waals surface area contributed by atoms with Gasteiger partial charge in [0, 0.05) is 34.8 Å². The lowest BCUT2D eigenvalue weighted by molar-refractivity contribution is 0.885. The number of fused-ring (bicyclic) bond motifs is 2. The van der Waals surface area contributed by atoms with Crippen LogP contribution >= 0.6 is 0 Å². The summed E-state index contributed by atoms with van der Waals surface area (Å²) in [5.74, 6) is 0. The zero-order valence-electron chi connectivity index (χ0n) is 16.3. The number of hydrogen-bond donors (Lipinski definition) is 2. The number of aromatic amines is 1. The van der Waals surface area contributed by atoms with E-state index in [4.69, 9.17) is 0 Å². The fourth-order valence-electron chi connectivity index (χ4n) is 3.65. The van der Waals surface area contributed by atoms with Gasteiger partial charge in [0.25, 0.3) is 0 Å². The summed E-state index contributed by atoms with van der Waals surface area (Å²) in [4.78, 5) is 8.92. The summed E-state index contributed by atoms with van der Waals surface area (Å²) in [6.07, 6.45) is 5.21. The van der Waals surface area contributed by atoms with Crippen LogP contribution in [0.5, 0.6) is 0 Å². The molecular weight excluding hydrogens is 372 g/mol. The average molecular weight is 390 g/mol. The van der Waals surface area contributed by atoms with Gasteiger partial charge in [0.2, 0.25) is 0 Å². The van der Waals surface area contributed by atoms with E-state index in [0.717, 1.165) is 44.3 Å². The standard InChI is InChI=1S/C24H18N6/c1-15(16-5-3-2-4-6-16)29-23-20(11-25)13-26-22-8-7-17(10-21(22)23)18-9-19-14-28-30-24(19)27-12-18/h2-10,12-15H,1H3,(H,26,29)(H,27,28,30)/t15-/m1/s1. The summed E-state index contributed by atoms with van der Waals surface area (Å²) >= 11 is 0. The van der Waals surface area contributed by atoms with E-state index < -0.39 is 0 Å². The molecule has 1 atom stereocenters. The Kier molecular flexibility index (Phi) is 4.34. The molecule has 0 fully saturated rings. The first-order valence-electron chi connectivity index (χ1n) is 9.67. The maximum absolute atomic E-state index is 9.69. The van der Waals surface area contributed by atoms with Crippen LogP contribution in [0.3, 0.4) is 0 Å². The summed E-state index contributed by atoms with van der Waals surface area (Å²) in [7, 11) is 0. The average Bonchev–Trinajstić information content (AvgIpc) is 3.27. The molecule has 3 aromatic heterocycles. The third kappa shape index (κ3) is 3.12. The lowest BCUT2D eigenvalue weighted by Crippen LogP contribution is -2.08. The molecule has 6 heteroatoms. The second-order valence-corrected chi connectivity index (χ2v) is 7.20. The number of hydrogen-bond acceptors (Lipinski definition) is 5. The number of anilines is 1. The molecule has 0 aliphatic heterocycles. The van der Waals surface area contributed by atoms with Crippen molar-refractivity contribution in [2.24, 2.45) is 0 Å². The highest BCUT2D eigenvalue weighted by Gasteiger charge is 2.14. The number of aromatic nitrogens is 4. The van der Waals surface area contributed by atoms with Crippen molar-refractivity contribution in [3.8, 4) is 17.2 Å². The molecule has 6 nitrogen and oxygen atoms in total. The molecule has 5 aromatic rings. The minimum absolute atomic E-state index is 0.0384. The van der Waals surface area contributed by atoms with Crippen molar-refractivity contribution in [2.75, 3.05) is 5.32 Å². The zero-order chi connectivity index (χ0) is 20.5. The van der Waals surface area contributed by atoms with Crippen LogP contribution in [0.25, 0.3) is 33.1 Å². The third-order valence-electron chi connectivity index (χ3n) is 5.27. The predicted octanol–water partition coefficient (Wildman–Crippen LogP) is 5.22. The fraction of sp³-hybridized carbons (Fsp3) is 0.0833. The second kappa shape index (κ2) is 7.30. The molecule has 0 radical (unpaired) electrons. The Morgan fingerprint density at radius 2 is 1.83 bits per heavy atom. The molecule has 0 saturated heterocycles. The lowest BCUT2D eigenvalue weighted by Gasteiger charge is -2.18. The molecular formula is C24H18N6. The van der Waals surface area contributed by atoms with Gasteiger partial charge in [0.15, 0.2) is 5.65 Å². The molecule has 0 bridgehead atoms. The van der Waals surface area contributed by atoms with E-state index in [-0.39, 0.29) is 6.04 Å². The van der Waals surface area contributed by atoms with Crippen LogP contribution in [0.1, 0.15) is 24.1 Å². The number of H-pyrrole nitrogens is 1. The third-order valence-corrected chi connectivity index (χ3v) is 5.27. The maximum atomic E-state index is 9.69. The first kappa shape index (κ1) is 17.8. The van der Waals surface area contributed by atoms with Crippen molar-refractivity contribution in [1.82, 2.24) is 20.2 Å². The lowest BCUT2D eigenvalue weighted by atomic mass is 10.0. The molecule has 30 heavy (non-hydrogen) atoms. The minimum Gasteiger partial charge on any atom is -0.377 e. The van der Waals surface area contributed by atoms with Gasteiger partial charge in [-0.2, -0.15) is 10.4 Å². The van der Waals surface area contributed by atoms with Gasteiger partial charge in [-0.3, -0.25) is 10.1 Å². The number of rotatable bonds is 4. The highest BCUT2D eigenvalue weighted by atomic mass is 15.1. The van der Waals surface area contributed by atoms with E-state index in [1.165, 1.54) is 0 Å². The molecule has 0 saturated carbocycles. The van der Waals surface area contributed by atoms with Crippen LogP contribution in [0.2, 0.25) is 0 Å². The number of nitrogens with one attached hydrogen (secondary N) is 2. The van der Waals surface area contributed by atoms with Gasteiger partial charge >= 0.3 is 0 Å². The quantitative estimate of drug-likeness (QED) is 0.439. The van der Waals surface area contributed by atoms with Gasteiger partial charge in [0.1, 0.15) is 6.07 Å². The monoisotopic (exact) mass is 390 g/mol.